The number of rotatable bonds is 6. The molecule has 0 aliphatic carbocycles. The van der Waals surface area contributed by atoms with Crippen molar-refractivity contribution in [1.29, 1.82) is 5.26 Å². The van der Waals surface area contributed by atoms with Crippen LogP contribution in [0, 0.1) is 11.3 Å². The maximum absolute atomic E-state index is 12.1. The molecule has 0 saturated heterocycles. The first-order valence-electron chi connectivity index (χ1n) is 6.55. The second kappa shape index (κ2) is 7.20. The van der Waals surface area contributed by atoms with E-state index in [1.54, 1.807) is 26.0 Å². The molecule has 0 aliphatic rings. The molecule has 114 valence electrons. The van der Waals surface area contributed by atoms with Gasteiger partial charge in [0, 0.05) is 6.04 Å². The summed E-state index contributed by atoms with van der Waals surface area (Å²) in [5.74, 6) is -0.380. The third-order valence-electron chi connectivity index (χ3n) is 2.67. The van der Waals surface area contributed by atoms with Crippen LogP contribution in [0.2, 0.25) is 0 Å². The van der Waals surface area contributed by atoms with Crippen LogP contribution in [0.1, 0.15) is 26.3 Å². The summed E-state index contributed by atoms with van der Waals surface area (Å²) in [6.45, 7) is 5.08. The van der Waals surface area contributed by atoms with Crippen molar-refractivity contribution in [3.63, 3.8) is 0 Å². The van der Waals surface area contributed by atoms with Gasteiger partial charge in [-0.3, -0.25) is 4.79 Å². The quantitative estimate of drug-likeness (QED) is 0.817. The normalized spacial score (nSPS) is 12.7. The third-order valence-corrected chi connectivity index (χ3v) is 4.23. The van der Waals surface area contributed by atoms with Crippen LogP contribution < -0.4 is 10.0 Å². The van der Waals surface area contributed by atoms with Gasteiger partial charge in [0.15, 0.2) is 0 Å². The first-order valence-corrected chi connectivity index (χ1v) is 8.03. The summed E-state index contributed by atoms with van der Waals surface area (Å²) in [7, 11) is -3.77. The van der Waals surface area contributed by atoms with Crippen molar-refractivity contribution in [3.05, 3.63) is 29.8 Å². The number of benzene rings is 1. The molecule has 1 rings (SSSR count). The largest absolute Gasteiger partial charge is 0.353 e. The highest BCUT2D eigenvalue weighted by Crippen LogP contribution is 2.11. The molecule has 0 heterocycles. The number of nitrogens with one attached hydrogen (secondary N) is 2. The molecule has 0 spiro atoms. The van der Waals surface area contributed by atoms with E-state index in [1.807, 2.05) is 6.07 Å². The summed E-state index contributed by atoms with van der Waals surface area (Å²) in [5, 5.41) is 11.2. The van der Waals surface area contributed by atoms with Crippen molar-refractivity contribution in [2.24, 2.45) is 0 Å². The lowest BCUT2D eigenvalue weighted by Crippen LogP contribution is -2.46. The van der Waals surface area contributed by atoms with E-state index in [0.29, 0.717) is 0 Å². The lowest BCUT2D eigenvalue weighted by molar-refractivity contribution is -0.122. The number of nitriles is 1. The van der Waals surface area contributed by atoms with E-state index < -0.39 is 16.1 Å². The van der Waals surface area contributed by atoms with Crippen LogP contribution >= 0.6 is 0 Å². The van der Waals surface area contributed by atoms with Crippen molar-refractivity contribution in [1.82, 2.24) is 10.0 Å². The summed E-state index contributed by atoms with van der Waals surface area (Å²) < 4.78 is 26.6. The Hall–Kier alpha value is -1.91. The average molecular weight is 309 g/mol. The number of carbonyl (C=O) groups excluding carboxylic acids is 1. The van der Waals surface area contributed by atoms with Crippen LogP contribution in [0.4, 0.5) is 0 Å². The van der Waals surface area contributed by atoms with Gasteiger partial charge in [0.1, 0.15) is 0 Å². The summed E-state index contributed by atoms with van der Waals surface area (Å²) >= 11 is 0. The average Bonchev–Trinajstić information content (AvgIpc) is 2.38. The van der Waals surface area contributed by atoms with Gasteiger partial charge in [-0.05, 0) is 38.5 Å². The Bertz CT molecular complexity index is 630. The molecule has 6 nitrogen and oxygen atoms in total. The maximum atomic E-state index is 12.1. The predicted octanol–water partition coefficient (Wildman–Crippen LogP) is 0.944. The fraction of sp³-hybridized carbons (Fsp3) is 0.429. The molecule has 0 aromatic heterocycles. The Morgan fingerprint density at radius 2 is 1.81 bits per heavy atom. The molecule has 0 bridgehead atoms. The molecule has 1 atom stereocenters. The first-order chi connectivity index (χ1) is 9.76. The SMILES string of the molecule is CC(C)NC(=O)C(C)NS(=O)(=O)c1ccc(CC#N)cc1. The van der Waals surface area contributed by atoms with Gasteiger partial charge in [-0.25, -0.2) is 8.42 Å². The van der Waals surface area contributed by atoms with Crippen LogP contribution in [0.3, 0.4) is 0 Å². The monoisotopic (exact) mass is 309 g/mol. The Balaban J connectivity index is 2.81. The number of nitrogens with zero attached hydrogens (tertiary/aromatic N) is 1. The molecule has 2 N–H and O–H groups in total. The second-order valence-electron chi connectivity index (χ2n) is 4.99. The minimum Gasteiger partial charge on any atom is -0.353 e. The fourth-order valence-corrected chi connectivity index (χ4v) is 2.84. The van der Waals surface area contributed by atoms with Crippen molar-refractivity contribution in [2.45, 2.75) is 44.2 Å². The van der Waals surface area contributed by atoms with E-state index in [-0.39, 0.29) is 23.3 Å². The Kier molecular flexibility index (Phi) is 5.88. The molecule has 0 saturated carbocycles. The number of carbonyl (C=O) groups is 1. The fourth-order valence-electron chi connectivity index (χ4n) is 1.64. The van der Waals surface area contributed by atoms with Crippen LogP contribution in [0.15, 0.2) is 29.2 Å². The van der Waals surface area contributed by atoms with Crippen LogP contribution in [-0.2, 0) is 21.2 Å². The van der Waals surface area contributed by atoms with E-state index in [2.05, 4.69) is 10.0 Å². The zero-order chi connectivity index (χ0) is 16.0. The maximum Gasteiger partial charge on any atom is 0.241 e. The topological polar surface area (TPSA) is 99.1 Å². The van der Waals surface area contributed by atoms with Crippen molar-refractivity contribution in [3.8, 4) is 6.07 Å². The number of amides is 1. The Morgan fingerprint density at radius 1 is 1.24 bits per heavy atom. The smallest absolute Gasteiger partial charge is 0.241 e. The van der Waals surface area contributed by atoms with E-state index in [4.69, 9.17) is 5.26 Å². The zero-order valence-corrected chi connectivity index (χ0v) is 13.1. The molecule has 1 aromatic rings. The van der Waals surface area contributed by atoms with Crippen molar-refractivity contribution >= 4 is 15.9 Å². The Labute approximate surface area is 125 Å². The van der Waals surface area contributed by atoms with Crippen LogP contribution in [0.5, 0.6) is 0 Å². The van der Waals surface area contributed by atoms with Crippen molar-refractivity contribution < 1.29 is 13.2 Å². The summed E-state index contributed by atoms with van der Waals surface area (Å²) in [5.41, 5.74) is 0.738. The van der Waals surface area contributed by atoms with Gasteiger partial charge >= 0.3 is 0 Å². The Morgan fingerprint density at radius 3 is 2.29 bits per heavy atom. The number of hydrogen-bond acceptors (Lipinski definition) is 4. The highest BCUT2D eigenvalue weighted by atomic mass is 32.2. The third kappa shape index (κ3) is 5.17. The van der Waals surface area contributed by atoms with Gasteiger partial charge in [-0.15, -0.1) is 0 Å². The minimum atomic E-state index is -3.77. The number of sulfonamides is 1. The van der Waals surface area contributed by atoms with Gasteiger partial charge in [0.25, 0.3) is 0 Å². The molecule has 0 fully saturated rings. The summed E-state index contributed by atoms with van der Waals surface area (Å²) in [4.78, 5) is 11.8. The summed E-state index contributed by atoms with van der Waals surface area (Å²) in [6.07, 6.45) is 0.223. The zero-order valence-electron chi connectivity index (χ0n) is 12.3. The molecule has 21 heavy (non-hydrogen) atoms. The van der Waals surface area contributed by atoms with E-state index in [1.165, 1.54) is 19.1 Å². The van der Waals surface area contributed by atoms with Gasteiger partial charge in [-0.1, -0.05) is 12.1 Å². The molecular formula is C14H19N3O3S. The molecule has 1 amide bonds. The van der Waals surface area contributed by atoms with Crippen LogP contribution in [-0.4, -0.2) is 26.4 Å². The van der Waals surface area contributed by atoms with E-state index in [0.717, 1.165) is 5.56 Å². The van der Waals surface area contributed by atoms with E-state index in [9.17, 15) is 13.2 Å². The predicted molar refractivity (Wildman–Crippen MR) is 78.8 cm³/mol. The van der Waals surface area contributed by atoms with E-state index >= 15 is 0 Å². The van der Waals surface area contributed by atoms with Gasteiger partial charge < -0.3 is 5.32 Å². The van der Waals surface area contributed by atoms with Gasteiger partial charge in [-0.2, -0.15) is 9.98 Å². The minimum absolute atomic E-state index is 0.0604. The standard InChI is InChI=1S/C14H19N3O3S/c1-10(2)16-14(18)11(3)17-21(19,20)13-6-4-12(5-7-13)8-9-15/h4-7,10-11,17H,8H2,1-3H3,(H,16,18). The first kappa shape index (κ1) is 17.1. The molecule has 1 unspecified atom stereocenters. The number of hydrogen-bond donors (Lipinski definition) is 2. The molecule has 7 heteroatoms. The highest BCUT2D eigenvalue weighted by molar-refractivity contribution is 7.89. The van der Waals surface area contributed by atoms with Crippen molar-refractivity contribution in [2.75, 3.05) is 0 Å². The van der Waals surface area contributed by atoms with Gasteiger partial charge in [0.05, 0.1) is 23.4 Å². The molecule has 0 aliphatic heterocycles. The lowest BCUT2D eigenvalue weighted by Gasteiger charge is -2.16. The molecule has 0 radical (unpaired) electrons. The van der Waals surface area contributed by atoms with Gasteiger partial charge in [0.2, 0.25) is 15.9 Å². The lowest BCUT2D eigenvalue weighted by atomic mass is 10.2. The molecule has 1 aromatic carbocycles. The molecular weight excluding hydrogens is 290 g/mol. The second-order valence-corrected chi connectivity index (χ2v) is 6.70. The van der Waals surface area contributed by atoms with Crippen LogP contribution in [0.25, 0.3) is 0 Å². The highest BCUT2D eigenvalue weighted by Gasteiger charge is 2.22. The summed E-state index contributed by atoms with van der Waals surface area (Å²) in [6, 6.07) is 7.06.